The second-order valence-electron chi connectivity index (χ2n) is 7.81. The molecule has 176 valence electrons. The summed E-state index contributed by atoms with van der Waals surface area (Å²) < 4.78 is 33.2. The van der Waals surface area contributed by atoms with Crippen LogP contribution in [0.1, 0.15) is 18.0 Å². The standard InChI is InChI=1S/C23H20Cl2FN5O3/c1-32-21-6-5-19-23(28-21)15(18(26)9-27-19)3-7-22-33-11-14(12-34-22)31-10-20(29-30-31)13-2-4-16(24)17(25)8-13/h2,4-6,8-10,14,22H,3,7,11-12H2,1H3. The molecule has 4 heterocycles. The Morgan fingerprint density at radius 2 is 1.97 bits per heavy atom. The predicted octanol–water partition coefficient (Wildman–Crippen LogP) is 4.89. The minimum Gasteiger partial charge on any atom is -0.481 e. The number of hydrogen-bond donors (Lipinski definition) is 0. The summed E-state index contributed by atoms with van der Waals surface area (Å²) in [6.45, 7) is 0.779. The second-order valence-corrected chi connectivity index (χ2v) is 8.62. The molecule has 1 aromatic carbocycles. The second kappa shape index (κ2) is 9.79. The number of benzene rings is 1. The van der Waals surface area contributed by atoms with Crippen molar-refractivity contribution in [3.63, 3.8) is 0 Å². The number of methoxy groups -OCH3 is 1. The maximum atomic E-state index is 14.5. The molecule has 0 saturated carbocycles. The minimum atomic E-state index is -0.470. The van der Waals surface area contributed by atoms with Crippen molar-refractivity contribution < 1.29 is 18.6 Å². The van der Waals surface area contributed by atoms with Crippen molar-refractivity contribution in [2.45, 2.75) is 25.2 Å². The number of ether oxygens (including phenoxy) is 3. The predicted molar refractivity (Wildman–Crippen MR) is 125 cm³/mol. The van der Waals surface area contributed by atoms with Crippen molar-refractivity contribution in [3.05, 3.63) is 64.2 Å². The van der Waals surface area contributed by atoms with Gasteiger partial charge in [0.15, 0.2) is 6.29 Å². The molecule has 0 unspecified atom stereocenters. The third-order valence-corrected chi connectivity index (χ3v) is 6.37. The smallest absolute Gasteiger partial charge is 0.213 e. The summed E-state index contributed by atoms with van der Waals surface area (Å²) in [5, 5.41) is 9.35. The molecule has 34 heavy (non-hydrogen) atoms. The fraction of sp³-hybridized carbons (Fsp3) is 0.304. The van der Waals surface area contributed by atoms with E-state index in [9.17, 15) is 4.39 Å². The minimum absolute atomic E-state index is 0.135. The summed E-state index contributed by atoms with van der Waals surface area (Å²) in [6, 6.07) is 8.61. The molecular weight excluding hydrogens is 484 g/mol. The van der Waals surface area contributed by atoms with Crippen molar-refractivity contribution >= 4 is 34.2 Å². The summed E-state index contributed by atoms with van der Waals surface area (Å²) in [4.78, 5) is 8.47. The lowest BCUT2D eigenvalue weighted by molar-refractivity contribution is -0.200. The van der Waals surface area contributed by atoms with Crippen LogP contribution in [0.5, 0.6) is 5.88 Å². The van der Waals surface area contributed by atoms with Crippen LogP contribution in [0, 0.1) is 5.82 Å². The first-order chi connectivity index (χ1) is 16.5. The molecule has 0 spiro atoms. The van der Waals surface area contributed by atoms with Crippen molar-refractivity contribution in [1.29, 1.82) is 0 Å². The number of rotatable bonds is 6. The summed E-state index contributed by atoms with van der Waals surface area (Å²) in [7, 11) is 1.52. The lowest BCUT2D eigenvalue weighted by Gasteiger charge is -2.29. The lowest BCUT2D eigenvalue weighted by atomic mass is 10.1. The van der Waals surface area contributed by atoms with Crippen LogP contribution in [0.3, 0.4) is 0 Å². The van der Waals surface area contributed by atoms with E-state index in [0.29, 0.717) is 64.3 Å². The van der Waals surface area contributed by atoms with Gasteiger partial charge in [-0.15, -0.1) is 5.10 Å². The first-order valence-electron chi connectivity index (χ1n) is 10.6. The topological polar surface area (TPSA) is 84.2 Å². The quantitative estimate of drug-likeness (QED) is 0.370. The van der Waals surface area contributed by atoms with Gasteiger partial charge in [-0.25, -0.2) is 14.1 Å². The summed E-state index contributed by atoms with van der Waals surface area (Å²) >= 11 is 12.1. The van der Waals surface area contributed by atoms with E-state index in [4.69, 9.17) is 37.4 Å². The number of nitrogens with zero attached hydrogens (tertiary/aromatic N) is 5. The fourth-order valence-electron chi connectivity index (χ4n) is 3.79. The van der Waals surface area contributed by atoms with Crippen LogP contribution < -0.4 is 4.74 Å². The first kappa shape index (κ1) is 22.9. The molecule has 1 aliphatic rings. The molecule has 0 N–H and O–H groups in total. The Bertz CT molecular complexity index is 1330. The van der Waals surface area contributed by atoms with Gasteiger partial charge in [-0.3, -0.25) is 4.98 Å². The third-order valence-electron chi connectivity index (χ3n) is 5.63. The molecule has 1 saturated heterocycles. The molecule has 5 rings (SSSR count). The number of fused-ring (bicyclic) bond motifs is 1. The van der Waals surface area contributed by atoms with E-state index in [2.05, 4.69) is 20.3 Å². The van der Waals surface area contributed by atoms with Crippen molar-refractivity contribution in [2.24, 2.45) is 0 Å². The zero-order valence-corrected chi connectivity index (χ0v) is 19.6. The largest absolute Gasteiger partial charge is 0.481 e. The van der Waals surface area contributed by atoms with Crippen LogP contribution in [-0.2, 0) is 15.9 Å². The Morgan fingerprint density at radius 1 is 1.15 bits per heavy atom. The molecule has 0 bridgehead atoms. The number of pyridine rings is 2. The Kier molecular flexibility index (Phi) is 6.60. The Labute approximate surface area is 204 Å². The number of aromatic nitrogens is 5. The van der Waals surface area contributed by atoms with Crippen LogP contribution in [0.25, 0.3) is 22.3 Å². The number of halogens is 3. The van der Waals surface area contributed by atoms with Crippen molar-refractivity contribution in [2.75, 3.05) is 20.3 Å². The first-order valence-corrected chi connectivity index (χ1v) is 11.4. The summed E-state index contributed by atoms with van der Waals surface area (Å²) in [5.74, 6) is -0.0124. The van der Waals surface area contributed by atoms with E-state index in [1.165, 1.54) is 13.3 Å². The van der Waals surface area contributed by atoms with Crippen molar-refractivity contribution in [3.8, 4) is 17.1 Å². The van der Waals surface area contributed by atoms with Crippen molar-refractivity contribution in [1.82, 2.24) is 25.0 Å². The normalized spacial score (nSPS) is 18.4. The van der Waals surface area contributed by atoms with E-state index in [1.807, 2.05) is 12.3 Å². The molecular formula is C23H20Cl2FN5O3. The van der Waals surface area contributed by atoms with Crippen LogP contribution in [0.2, 0.25) is 10.0 Å². The third kappa shape index (κ3) is 4.69. The highest BCUT2D eigenvalue weighted by Crippen LogP contribution is 2.29. The van der Waals surface area contributed by atoms with E-state index in [0.717, 1.165) is 5.56 Å². The zero-order valence-electron chi connectivity index (χ0n) is 18.1. The average molecular weight is 504 g/mol. The molecule has 11 heteroatoms. The Hall–Kier alpha value is -2.85. The molecule has 8 nitrogen and oxygen atoms in total. The van der Waals surface area contributed by atoms with Gasteiger partial charge >= 0.3 is 0 Å². The van der Waals surface area contributed by atoms with E-state index < -0.39 is 12.1 Å². The van der Waals surface area contributed by atoms with Gasteiger partial charge in [0.05, 0.1) is 53.8 Å². The molecule has 1 fully saturated rings. The zero-order chi connectivity index (χ0) is 23.7. The molecule has 4 aromatic rings. The lowest BCUT2D eigenvalue weighted by Crippen LogP contribution is -2.34. The average Bonchev–Trinajstić information content (AvgIpc) is 3.35. The fourth-order valence-corrected chi connectivity index (χ4v) is 4.08. The maximum absolute atomic E-state index is 14.5. The number of hydrogen-bond acceptors (Lipinski definition) is 7. The van der Waals surface area contributed by atoms with Gasteiger partial charge in [0.1, 0.15) is 17.6 Å². The molecule has 0 radical (unpaired) electrons. The SMILES string of the molecule is COc1ccc2ncc(F)c(CCC3OCC(n4cc(-c5ccc(Cl)c(Cl)c5)nn4)CO3)c2n1. The highest BCUT2D eigenvalue weighted by Gasteiger charge is 2.25. The molecule has 0 aliphatic carbocycles. The summed E-state index contributed by atoms with van der Waals surface area (Å²) in [5.41, 5.74) is 3.02. The molecule has 3 aromatic heterocycles. The Morgan fingerprint density at radius 3 is 2.74 bits per heavy atom. The van der Waals surface area contributed by atoms with Gasteiger partial charge in [0.25, 0.3) is 0 Å². The molecule has 1 aliphatic heterocycles. The van der Waals surface area contributed by atoms with E-state index in [1.54, 1.807) is 28.9 Å². The maximum Gasteiger partial charge on any atom is 0.213 e. The monoisotopic (exact) mass is 503 g/mol. The van der Waals surface area contributed by atoms with Gasteiger partial charge < -0.3 is 14.2 Å². The van der Waals surface area contributed by atoms with Gasteiger partial charge in [0, 0.05) is 23.6 Å². The van der Waals surface area contributed by atoms with Crippen LogP contribution in [0.15, 0.2) is 42.7 Å². The van der Waals surface area contributed by atoms with Crippen LogP contribution >= 0.6 is 23.2 Å². The van der Waals surface area contributed by atoms with Crippen LogP contribution in [-0.4, -0.2) is 51.6 Å². The molecule has 0 atom stereocenters. The highest BCUT2D eigenvalue weighted by atomic mass is 35.5. The van der Waals surface area contributed by atoms with Gasteiger partial charge in [-0.2, -0.15) is 0 Å². The van der Waals surface area contributed by atoms with E-state index in [-0.39, 0.29) is 6.04 Å². The highest BCUT2D eigenvalue weighted by molar-refractivity contribution is 6.42. The van der Waals surface area contributed by atoms with E-state index >= 15 is 0 Å². The van der Waals surface area contributed by atoms with Crippen LogP contribution in [0.4, 0.5) is 4.39 Å². The Balaban J connectivity index is 1.22. The number of aryl methyl sites for hydroxylation is 1. The van der Waals surface area contributed by atoms with Gasteiger partial charge in [-0.05, 0) is 24.6 Å². The molecule has 0 amide bonds. The van der Waals surface area contributed by atoms with Gasteiger partial charge in [-0.1, -0.05) is 34.5 Å². The van der Waals surface area contributed by atoms with Gasteiger partial charge in [0.2, 0.25) is 5.88 Å². The summed E-state index contributed by atoms with van der Waals surface area (Å²) in [6.07, 6.45) is 3.40.